The lowest BCUT2D eigenvalue weighted by Crippen LogP contribution is -2.50. The highest BCUT2D eigenvalue weighted by molar-refractivity contribution is 6.36. The highest BCUT2D eigenvalue weighted by Crippen LogP contribution is 2.42. The Hall–Kier alpha value is -2.54. The van der Waals surface area contributed by atoms with Gasteiger partial charge in [0.1, 0.15) is 0 Å². The number of fused-ring (bicyclic) bond motifs is 1. The maximum absolute atomic E-state index is 13.0. The van der Waals surface area contributed by atoms with E-state index in [-0.39, 0.29) is 24.1 Å². The number of halogens is 1. The van der Waals surface area contributed by atoms with Crippen molar-refractivity contribution < 1.29 is 9.59 Å². The molecule has 2 aromatic heterocycles. The predicted octanol–water partition coefficient (Wildman–Crippen LogP) is 4.11. The Morgan fingerprint density at radius 2 is 1.76 bits per heavy atom. The van der Waals surface area contributed by atoms with Crippen LogP contribution >= 0.6 is 11.6 Å². The molecule has 0 unspecified atom stereocenters. The first-order chi connectivity index (χ1) is 16.1. The number of piperazine rings is 1. The number of aromatic nitrogens is 2. The first-order valence-corrected chi connectivity index (χ1v) is 12.7. The zero-order valence-corrected chi connectivity index (χ0v) is 19.8. The van der Waals surface area contributed by atoms with Gasteiger partial charge in [0.15, 0.2) is 5.69 Å². The summed E-state index contributed by atoms with van der Waals surface area (Å²) in [6.07, 6.45) is 14.5. The van der Waals surface area contributed by atoms with Gasteiger partial charge in [-0.2, -0.15) is 5.10 Å². The maximum atomic E-state index is 13.0. The van der Waals surface area contributed by atoms with Crippen LogP contribution in [0.4, 0.5) is 0 Å². The average Bonchev–Trinajstić information content (AvgIpc) is 3.45. The lowest BCUT2D eigenvalue weighted by Gasteiger charge is -2.25. The molecule has 2 aliphatic carbocycles. The smallest absolute Gasteiger partial charge is 0.276 e. The Kier molecular flexibility index (Phi) is 6.58. The molecule has 0 radical (unpaired) electrons. The van der Waals surface area contributed by atoms with E-state index in [1.54, 1.807) is 4.52 Å². The van der Waals surface area contributed by atoms with Crippen molar-refractivity contribution in [2.24, 2.45) is 0 Å². The molecular formula is C25H32ClN5O2. The fourth-order valence-electron chi connectivity index (χ4n) is 4.83. The van der Waals surface area contributed by atoms with E-state index < -0.39 is 0 Å². The molecule has 0 aromatic carbocycles. The van der Waals surface area contributed by atoms with Crippen molar-refractivity contribution in [3.05, 3.63) is 40.2 Å². The molecule has 176 valence electrons. The van der Waals surface area contributed by atoms with Crippen LogP contribution in [0.2, 0.25) is 5.02 Å². The summed E-state index contributed by atoms with van der Waals surface area (Å²) in [7, 11) is 0. The van der Waals surface area contributed by atoms with Crippen LogP contribution in [-0.2, 0) is 4.79 Å². The number of rotatable bonds is 3. The molecule has 2 saturated carbocycles. The summed E-state index contributed by atoms with van der Waals surface area (Å²) in [4.78, 5) is 26.1. The van der Waals surface area contributed by atoms with Crippen LogP contribution in [-0.4, -0.2) is 52.5 Å². The van der Waals surface area contributed by atoms with Gasteiger partial charge in [-0.3, -0.25) is 9.59 Å². The molecular weight excluding hydrogens is 438 g/mol. The Labute approximate surface area is 199 Å². The normalized spacial score (nSPS) is 20.6. The highest BCUT2D eigenvalue weighted by atomic mass is 35.5. The van der Waals surface area contributed by atoms with Gasteiger partial charge < -0.3 is 15.5 Å². The van der Waals surface area contributed by atoms with Crippen molar-refractivity contribution in [2.45, 2.75) is 63.7 Å². The summed E-state index contributed by atoms with van der Waals surface area (Å²) < 4.78 is 1.76. The fraction of sp³-hybridized carbons (Fsp3) is 0.560. The Balaban J connectivity index is 0.000000332. The van der Waals surface area contributed by atoms with Crippen LogP contribution in [0.3, 0.4) is 0 Å². The number of carbonyl (C=O) groups excluding carboxylic acids is 2. The topological polar surface area (TPSA) is 78.7 Å². The van der Waals surface area contributed by atoms with Gasteiger partial charge in [0.2, 0.25) is 5.91 Å². The van der Waals surface area contributed by atoms with Gasteiger partial charge in [0.25, 0.3) is 5.91 Å². The predicted molar refractivity (Wildman–Crippen MR) is 129 cm³/mol. The molecule has 4 heterocycles. The van der Waals surface area contributed by atoms with E-state index in [2.05, 4.69) is 27.9 Å². The Morgan fingerprint density at radius 1 is 1.03 bits per heavy atom. The number of carbonyl (C=O) groups is 2. The van der Waals surface area contributed by atoms with Gasteiger partial charge in [0, 0.05) is 19.6 Å². The van der Waals surface area contributed by atoms with Gasteiger partial charge in [-0.05, 0) is 42.9 Å². The van der Waals surface area contributed by atoms with Crippen LogP contribution in [0.1, 0.15) is 85.5 Å². The zero-order valence-electron chi connectivity index (χ0n) is 19.0. The molecule has 8 heteroatoms. The molecule has 1 saturated heterocycles. The van der Waals surface area contributed by atoms with Crippen LogP contribution < -0.4 is 10.6 Å². The molecule has 2 N–H and O–H groups in total. The van der Waals surface area contributed by atoms with E-state index >= 15 is 0 Å². The van der Waals surface area contributed by atoms with Gasteiger partial charge in [-0.25, -0.2) is 4.52 Å². The van der Waals surface area contributed by atoms with E-state index in [0.717, 1.165) is 29.9 Å². The molecule has 2 amide bonds. The summed E-state index contributed by atoms with van der Waals surface area (Å²) >= 11 is 6.61. The third-order valence-electron chi connectivity index (χ3n) is 6.86. The summed E-state index contributed by atoms with van der Waals surface area (Å²) in [5.41, 5.74) is 4.15. The molecule has 0 spiro atoms. The molecule has 3 fully saturated rings. The van der Waals surface area contributed by atoms with Gasteiger partial charge in [-0.1, -0.05) is 56.2 Å². The lowest BCUT2D eigenvalue weighted by atomic mass is 10.0. The molecule has 7 nitrogen and oxygen atoms in total. The largest absolute Gasteiger partial charge is 0.383 e. The van der Waals surface area contributed by atoms with E-state index in [1.165, 1.54) is 61.8 Å². The number of hydrogen-bond donors (Lipinski definition) is 2. The second kappa shape index (κ2) is 9.75. The number of nitrogens with zero attached hydrogens (tertiary/aromatic N) is 3. The van der Waals surface area contributed by atoms with Crippen molar-refractivity contribution in [2.75, 3.05) is 26.2 Å². The van der Waals surface area contributed by atoms with Crippen molar-refractivity contribution in [1.29, 1.82) is 0 Å². The van der Waals surface area contributed by atoms with Gasteiger partial charge >= 0.3 is 0 Å². The minimum absolute atomic E-state index is 0.0376. The standard InChI is InChI=1S/C19H20ClN5O2.C6H12/c20-17-15-9-12(11-3-4-11)8-14(13-2-1-5-21-13)25(15)23-18(17)19(27)24-7-6-22-16(26)10-24;1-2-4-6-5-3-1/h2,8-9,11,21H,1,3-7,10H2,(H,22,26);1-6H2. The van der Waals surface area contributed by atoms with Crippen molar-refractivity contribution in [3.8, 4) is 0 Å². The summed E-state index contributed by atoms with van der Waals surface area (Å²) in [5.74, 6) is 0.101. The maximum Gasteiger partial charge on any atom is 0.276 e. The summed E-state index contributed by atoms with van der Waals surface area (Å²) in [6.45, 7) is 1.84. The fourth-order valence-corrected chi connectivity index (χ4v) is 5.09. The second-order valence-electron chi connectivity index (χ2n) is 9.44. The Morgan fingerprint density at radius 3 is 2.36 bits per heavy atom. The number of hydrogen-bond acceptors (Lipinski definition) is 4. The third kappa shape index (κ3) is 4.88. The van der Waals surface area contributed by atoms with Crippen LogP contribution in [0.5, 0.6) is 0 Å². The zero-order chi connectivity index (χ0) is 22.8. The molecule has 0 bridgehead atoms. The van der Waals surface area contributed by atoms with Gasteiger partial charge in [0.05, 0.1) is 28.5 Å². The minimum atomic E-state index is -0.300. The van der Waals surface area contributed by atoms with E-state index in [9.17, 15) is 9.59 Å². The summed E-state index contributed by atoms with van der Waals surface area (Å²) in [6, 6.07) is 4.20. The number of nitrogens with one attached hydrogen (secondary N) is 2. The van der Waals surface area contributed by atoms with E-state index in [4.69, 9.17) is 11.6 Å². The average molecular weight is 470 g/mol. The monoisotopic (exact) mass is 469 g/mol. The summed E-state index contributed by atoms with van der Waals surface area (Å²) in [5, 5.41) is 11.0. The molecule has 2 aliphatic heterocycles. The first kappa shape index (κ1) is 22.3. The molecule has 0 atom stereocenters. The quantitative estimate of drug-likeness (QED) is 0.709. The highest BCUT2D eigenvalue weighted by Gasteiger charge is 2.30. The van der Waals surface area contributed by atoms with Crippen LogP contribution in [0, 0.1) is 0 Å². The molecule has 4 aliphatic rings. The second-order valence-corrected chi connectivity index (χ2v) is 9.82. The van der Waals surface area contributed by atoms with E-state index in [1.807, 2.05) is 6.07 Å². The van der Waals surface area contributed by atoms with Crippen LogP contribution in [0.15, 0.2) is 18.2 Å². The third-order valence-corrected chi connectivity index (χ3v) is 7.23. The van der Waals surface area contributed by atoms with Crippen molar-refractivity contribution in [3.63, 3.8) is 0 Å². The molecule has 33 heavy (non-hydrogen) atoms. The lowest BCUT2D eigenvalue weighted by molar-refractivity contribution is -0.123. The molecule has 2 aromatic rings. The van der Waals surface area contributed by atoms with E-state index in [0.29, 0.717) is 24.0 Å². The minimum Gasteiger partial charge on any atom is -0.383 e. The first-order valence-electron chi connectivity index (χ1n) is 12.3. The number of pyridine rings is 1. The number of amides is 2. The van der Waals surface area contributed by atoms with Crippen molar-refractivity contribution >= 4 is 34.6 Å². The molecule has 6 rings (SSSR count). The van der Waals surface area contributed by atoms with Crippen molar-refractivity contribution in [1.82, 2.24) is 25.1 Å². The Bertz CT molecular complexity index is 1070. The van der Waals surface area contributed by atoms with Crippen LogP contribution in [0.25, 0.3) is 11.2 Å². The van der Waals surface area contributed by atoms with Gasteiger partial charge in [-0.15, -0.1) is 0 Å². The SMILES string of the molecule is C1CCCCC1.O=C1CN(C(=O)c2nn3c(C4=CCCN4)cc(C4CC4)cc3c2Cl)CCN1.